The molecule has 31 heavy (non-hydrogen) atoms. The summed E-state index contributed by atoms with van der Waals surface area (Å²) < 4.78 is 110. The Bertz CT molecular complexity index is 857. The molecule has 1 aromatic carbocycles. The van der Waals surface area contributed by atoms with Crippen LogP contribution in [0.25, 0.3) is 0 Å². The van der Waals surface area contributed by atoms with Crippen molar-refractivity contribution < 1.29 is 44.3 Å². The third-order valence-corrected chi connectivity index (χ3v) is 5.65. The number of methoxy groups -OCH3 is 1. The van der Waals surface area contributed by atoms with Crippen LogP contribution in [-0.4, -0.2) is 50.9 Å². The van der Waals surface area contributed by atoms with E-state index >= 15 is 0 Å². The molecule has 0 bridgehead atoms. The fourth-order valence-corrected chi connectivity index (χ4v) is 4.03. The van der Waals surface area contributed by atoms with E-state index in [0.717, 1.165) is 27.0 Å². The first-order valence-corrected chi connectivity index (χ1v) is 10.5. The average molecular weight is 500 g/mol. The minimum absolute atomic E-state index is 0.0552. The lowest BCUT2D eigenvalue weighted by Crippen LogP contribution is -2.62. The molecule has 2 unspecified atom stereocenters. The van der Waals surface area contributed by atoms with Crippen molar-refractivity contribution in [2.75, 3.05) is 7.11 Å². The monoisotopic (exact) mass is 499 g/mol. The number of hydrogen-bond acceptors (Lipinski definition) is 4. The Balaban J connectivity index is 3.29. The molecular weight excluding hydrogens is 480 g/mol. The largest absolute Gasteiger partial charge is 0.495 e. The van der Waals surface area contributed by atoms with Gasteiger partial charge in [-0.2, -0.15) is 26.3 Å². The molecule has 0 saturated heterocycles. The van der Waals surface area contributed by atoms with Crippen LogP contribution in [0.1, 0.15) is 26.7 Å². The summed E-state index contributed by atoms with van der Waals surface area (Å²) in [6.45, 7) is 1.89. The molecule has 1 aromatic rings. The number of urea groups is 1. The van der Waals surface area contributed by atoms with Crippen LogP contribution in [-0.2, 0) is 10.0 Å². The second-order valence-corrected chi connectivity index (χ2v) is 8.26. The minimum Gasteiger partial charge on any atom is -0.495 e. The maximum absolute atomic E-state index is 13.3. The van der Waals surface area contributed by atoms with Crippen molar-refractivity contribution in [3.05, 3.63) is 23.2 Å². The van der Waals surface area contributed by atoms with E-state index in [1.54, 1.807) is 0 Å². The van der Waals surface area contributed by atoms with Crippen molar-refractivity contribution >= 4 is 27.7 Å². The third-order valence-electron chi connectivity index (χ3n) is 4.14. The number of halogens is 7. The second kappa shape index (κ2) is 10.1. The summed E-state index contributed by atoms with van der Waals surface area (Å²) in [7, 11) is -3.55. The van der Waals surface area contributed by atoms with Crippen molar-refractivity contribution in [2.24, 2.45) is 0 Å². The van der Waals surface area contributed by atoms with Gasteiger partial charge in [-0.05, 0) is 31.0 Å². The molecule has 0 radical (unpaired) electrons. The van der Waals surface area contributed by atoms with Gasteiger partial charge in [-0.1, -0.05) is 25.4 Å². The van der Waals surface area contributed by atoms with Gasteiger partial charge in [-0.15, -0.1) is 4.83 Å². The van der Waals surface area contributed by atoms with E-state index in [1.807, 2.05) is 0 Å². The Hall–Kier alpha value is -1.93. The lowest BCUT2D eigenvalue weighted by Gasteiger charge is -2.38. The standard InChI is InChI=1S/C16H20ClF6N3O4S/c1-4-12(15(18,19)20)26(13(5-2)16(21,22)23)14(27)24-25-31(28,29)11-8-9(17)6-7-10(11)30-3/h6-8,12-13,25H,4-5H2,1-3H3,(H,24,27). The second-order valence-electron chi connectivity index (χ2n) is 6.17. The number of nitrogens with one attached hydrogen (secondary N) is 2. The number of hydrazine groups is 1. The highest BCUT2D eigenvalue weighted by Crippen LogP contribution is 2.35. The van der Waals surface area contributed by atoms with E-state index in [1.165, 1.54) is 22.4 Å². The molecule has 0 aliphatic carbocycles. The molecule has 0 aromatic heterocycles. The summed E-state index contributed by atoms with van der Waals surface area (Å²) in [5, 5.41) is -0.0552. The molecule has 0 saturated carbocycles. The summed E-state index contributed by atoms with van der Waals surface area (Å²) in [5.41, 5.74) is 1.42. The van der Waals surface area contributed by atoms with Gasteiger partial charge in [0.25, 0.3) is 10.0 Å². The van der Waals surface area contributed by atoms with Gasteiger partial charge in [0.2, 0.25) is 0 Å². The molecule has 7 nitrogen and oxygen atoms in total. The normalized spacial score (nSPS) is 14.6. The summed E-state index contributed by atoms with van der Waals surface area (Å²) in [6, 6.07) is -4.20. The summed E-state index contributed by atoms with van der Waals surface area (Å²) >= 11 is 5.72. The molecule has 2 atom stereocenters. The van der Waals surface area contributed by atoms with E-state index in [9.17, 15) is 39.6 Å². The number of amides is 2. The number of nitrogens with zero attached hydrogens (tertiary/aromatic N) is 1. The van der Waals surface area contributed by atoms with Gasteiger partial charge >= 0.3 is 18.4 Å². The van der Waals surface area contributed by atoms with Crippen LogP contribution in [0.15, 0.2) is 23.1 Å². The Morgan fingerprint density at radius 1 is 1.10 bits per heavy atom. The lowest BCUT2D eigenvalue weighted by atomic mass is 10.1. The third kappa shape index (κ3) is 6.77. The number of rotatable bonds is 8. The zero-order valence-electron chi connectivity index (χ0n) is 16.4. The van der Waals surface area contributed by atoms with Gasteiger partial charge in [0.1, 0.15) is 22.7 Å². The molecule has 15 heteroatoms. The maximum atomic E-state index is 13.3. The Morgan fingerprint density at radius 2 is 1.58 bits per heavy atom. The van der Waals surface area contributed by atoms with Crippen LogP contribution in [0.5, 0.6) is 5.75 Å². The van der Waals surface area contributed by atoms with Crippen LogP contribution < -0.4 is 15.0 Å². The first kappa shape index (κ1) is 27.1. The zero-order chi connectivity index (χ0) is 24.2. The van der Waals surface area contributed by atoms with Crippen LogP contribution in [0.2, 0.25) is 5.02 Å². The topological polar surface area (TPSA) is 87.7 Å². The van der Waals surface area contributed by atoms with Crippen LogP contribution >= 0.6 is 11.6 Å². The Morgan fingerprint density at radius 3 is 1.97 bits per heavy atom. The zero-order valence-corrected chi connectivity index (χ0v) is 18.0. The van der Waals surface area contributed by atoms with Crippen molar-refractivity contribution in [2.45, 2.75) is 56.0 Å². The van der Waals surface area contributed by atoms with Crippen molar-refractivity contribution in [3.8, 4) is 5.75 Å². The average Bonchev–Trinajstić information content (AvgIpc) is 2.64. The summed E-state index contributed by atoms with van der Waals surface area (Å²) in [6.07, 6.45) is -12.2. The van der Waals surface area contributed by atoms with E-state index < -0.39 is 63.1 Å². The highest BCUT2D eigenvalue weighted by Gasteiger charge is 2.53. The predicted molar refractivity (Wildman–Crippen MR) is 99.0 cm³/mol. The number of benzene rings is 1. The number of hydrogen-bond donors (Lipinski definition) is 2. The number of alkyl halides is 6. The molecule has 0 fully saturated rings. The molecule has 0 aliphatic heterocycles. The fourth-order valence-electron chi connectivity index (χ4n) is 2.76. The molecule has 178 valence electrons. The first-order valence-electron chi connectivity index (χ1n) is 8.67. The van der Waals surface area contributed by atoms with E-state index in [2.05, 4.69) is 0 Å². The summed E-state index contributed by atoms with van der Waals surface area (Å²) in [4.78, 5) is 12.8. The quantitative estimate of drug-likeness (QED) is 0.414. The molecule has 0 aliphatic rings. The van der Waals surface area contributed by atoms with E-state index in [-0.39, 0.29) is 10.8 Å². The molecule has 0 heterocycles. The Labute approximate surface area is 179 Å². The van der Waals surface area contributed by atoms with Gasteiger partial charge in [0.15, 0.2) is 0 Å². The van der Waals surface area contributed by atoms with Gasteiger partial charge in [0.05, 0.1) is 7.11 Å². The first-order chi connectivity index (χ1) is 14.1. The fraction of sp³-hybridized carbons (Fsp3) is 0.562. The van der Waals surface area contributed by atoms with Crippen LogP contribution in [0, 0.1) is 0 Å². The molecular formula is C16H20ClF6N3O4S. The number of carbonyl (C=O) groups is 1. The van der Waals surface area contributed by atoms with Crippen LogP contribution in [0.3, 0.4) is 0 Å². The van der Waals surface area contributed by atoms with Gasteiger partial charge in [0, 0.05) is 5.02 Å². The lowest BCUT2D eigenvalue weighted by molar-refractivity contribution is -0.222. The van der Waals surface area contributed by atoms with Gasteiger partial charge in [-0.3, -0.25) is 10.3 Å². The Kier molecular flexibility index (Phi) is 8.85. The van der Waals surface area contributed by atoms with E-state index in [4.69, 9.17) is 16.3 Å². The molecule has 2 N–H and O–H groups in total. The highest BCUT2D eigenvalue weighted by atomic mass is 35.5. The SMILES string of the molecule is CCC(N(C(=O)NNS(=O)(=O)c1cc(Cl)ccc1OC)C(CC)C(F)(F)F)C(F)(F)F. The number of carbonyl (C=O) groups excluding carboxylic acids is 1. The van der Waals surface area contributed by atoms with Crippen molar-refractivity contribution in [1.82, 2.24) is 15.2 Å². The maximum Gasteiger partial charge on any atom is 0.408 e. The number of ether oxygens (including phenoxy) is 1. The van der Waals surface area contributed by atoms with E-state index in [0.29, 0.717) is 0 Å². The molecule has 2 amide bonds. The number of sulfonamides is 1. The van der Waals surface area contributed by atoms with Gasteiger partial charge in [-0.25, -0.2) is 13.2 Å². The minimum atomic E-state index is -5.19. The predicted octanol–water partition coefficient (Wildman–Crippen LogP) is 4.24. The summed E-state index contributed by atoms with van der Waals surface area (Å²) in [5.74, 6) is -0.230. The highest BCUT2D eigenvalue weighted by molar-refractivity contribution is 7.89. The van der Waals surface area contributed by atoms with Crippen molar-refractivity contribution in [3.63, 3.8) is 0 Å². The van der Waals surface area contributed by atoms with Gasteiger partial charge < -0.3 is 4.74 Å². The molecule has 0 spiro atoms. The smallest absolute Gasteiger partial charge is 0.408 e. The molecule has 1 rings (SSSR count). The van der Waals surface area contributed by atoms with Crippen molar-refractivity contribution in [1.29, 1.82) is 0 Å². The van der Waals surface area contributed by atoms with Crippen LogP contribution in [0.4, 0.5) is 31.1 Å².